The molecule has 2 rings (SSSR count). The van der Waals surface area contributed by atoms with Crippen LogP contribution in [0.3, 0.4) is 0 Å². The standard InChI is InChI=1S/C8H5F3N2O/c9-8(10,11)7-2-1-6(14-7)5-3-12-13-4-5/h1-4H,(H,12,13). The second-order valence-electron chi connectivity index (χ2n) is 2.65. The Morgan fingerprint density at radius 3 is 2.57 bits per heavy atom. The zero-order valence-electron chi connectivity index (χ0n) is 6.80. The van der Waals surface area contributed by atoms with Crippen LogP contribution in [0.1, 0.15) is 5.76 Å². The first-order valence-electron chi connectivity index (χ1n) is 3.73. The van der Waals surface area contributed by atoms with E-state index in [0.29, 0.717) is 5.56 Å². The second-order valence-corrected chi connectivity index (χ2v) is 2.65. The molecule has 2 aromatic heterocycles. The lowest BCUT2D eigenvalue weighted by atomic mass is 10.3. The summed E-state index contributed by atoms with van der Waals surface area (Å²) in [5, 5.41) is 6.09. The van der Waals surface area contributed by atoms with Crippen LogP contribution in [0.25, 0.3) is 11.3 Å². The maximum Gasteiger partial charge on any atom is 0.449 e. The van der Waals surface area contributed by atoms with E-state index in [-0.39, 0.29) is 5.76 Å². The lowest BCUT2D eigenvalue weighted by molar-refractivity contribution is -0.152. The van der Waals surface area contributed by atoms with E-state index in [1.165, 1.54) is 18.5 Å². The highest BCUT2D eigenvalue weighted by atomic mass is 19.4. The van der Waals surface area contributed by atoms with Gasteiger partial charge in [-0.3, -0.25) is 5.10 Å². The summed E-state index contributed by atoms with van der Waals surface area (Å²) >= 11 is 0. The molecule has 0 fully saturated rings. The highest BCUT2D eigenvalue weighted by Gasteiger charge is 2.34. The van der Waals surface area contributed by atoms with Gasteiger partial charge in [0, 0.05) is 6.20 Å². The average molecular weight is 202 g/mol. The fourth-order valence-corrected chi connectivity index (χ4v) is 1.03. The SMILES string of the molecule is FC(F)(F)c1ccc(-c2cn[nH]c2)o1. The zero-order valence-corrected chi connectivity index (χ0v) is 6.80. The monoisotopic (exact) mass is 202 g/mol. The van der Waals surface area contributed by atoms with Crippen LogP contribution >= 0.6 is 0 Å². The fraction of sp³-hybridized carbons (Fsp3) is 0.125. The Bertz CT molecular complexity index is 416. The van der Waals surface area contributed by atoms with Gasteiger partial charge in [0.2, 0.25) is 5.76 Å². The van der Waals surface area contributed by atoms with Crippen molar-refractivity contribution in [3.8, 4) is 11.3 Å². The molecule has 0 saturated carbocycles. The molecule has 2 heterocycles. The maximum atomic E-state index is 12.1. The highest BCUT2D eigenvalue weighted by Crippen LogP contribution is 2.33. The van der Waals surface area contributed by atoms with Crippen molar-refractivity contribution in [3.05, 3.63) is 30.3 Å². The lowest BCUT2D eigenvalue weighted by Crippen LogP contribution is -2.01. The number of hydrogen-bond acceptors (Lipinski definition) is 2. The predicted molar refractivity (Wildman–Crippen MR) is 41.3 cm³/mol. The molecule has 0 aliphatic heterocycles. The van der Waals surface area contributed by atoms with Crippen molar-refractivity contribution >= 4 is 0 Å². The van der Waals surface area contributed by atoms with E-state index in [0.717, 1.165) is 6.07 Å². The number of aromatic amines is 1. The summed E-state index contributed by atoms with van der Waals surface area (Å²) in [6, 6.07) is 2.15. The van der Waals surface area contributed by atoms with E-state index in [2.05, 4.69) is 14.6 Å². The normalized spacial score (nSPS) is 11.9. The largest absolute Gasteiger partial charge is 0.451 e. The van der Waals surface area contributed by atoms with Crippen LogP contribution in [0, 0.1) is 0 Å². The summed E-state index contributed by atoms with van der Waals surface area (Å²) in [5.41, 5.74) is 0.487. The summed E-state index contributed by atoms with van der Waals surface area (Å²) < 4.78 is 41.0. The summed E-state index contributed by atoms with van der Waals surface area (Å²) in [6.07, 6.45) is -1.60. The van der Waals surface area contributed by atoms with Crippen molar-refractivity contribution in [2.45, 2.75) is 6.18 Å². The van der Waals surface area contributed by atoms with Crippen molar-refractivity contribution < 1.29 is 17.6 Å². The average Bonchev–Trinajstić information content (AvgIpc) is 2.73. The summed E-state index contributed by atoms with van der Waals surface area (Å²) in [6.45, 7) is 0. The zero-order chi connectivity index (χ0) is 10.2. The Balaban J connectivity index is 2.36. The number of furan rings is 1. The summed E-state index contributed by atoms with van der Waals surface area (Å²) in [7, 11) is 0. The Labute approximate surface area is 76.5 Å². The number of alkyl halides is 3. The number of H-pyrrole nitrogens is 1. The molecule has 74 valence electrons. The van der Waals surface area contributed by atoms with Gasteiger partial charge >= 0.3 is 6.18 Å². The number of nitrogens with zero attached hydrogens (tertiary/aromatic N) is 1. The van der Waals surface area contributed by atoms with E-state index in [9.17, 15) is 13.2 Å². The van der Waals surface area contributed by atoms with E-state index in [4.69, 9.17) is 0 Å². The van der Waals surface area contributed by atoms with Crippen molar-refractivity contribution in [1.29, 1.82) is 0 Å². The van der Waals surface area contributed by atoms with E-state index < -0.39 is 11.9 Å². The molecule has 0 unspecified atom stereocenters. The molecule has 2 aromatic rings. The van der Waals surface area contributed by atoms with Crippen molar-refractivity contribution in [1.82, 2.24) is 10.2 Å². The molecule has 0 amide bonds. The molecule has 0 aliphatic carbocycles. The molecule has 0 aliphatic rings. The molecule has 3 nitrogen and oxygen atoms in total. The minimum Gasteiger partial charge on any atom is -0.451 e. The fourth-order valence-electron chi connectivity index (χ4n) is 1.03. The predicted octanol–water partition coefficient (Wildman–Crippen LogP) is 2.69. The first kappa shape index (κ1) is 8.86. The number of aromatic nitrogens is 2. The first-order chi connectivity index (χ1) is 6.57. The number of hydrogen-bond donors (Lipinski definition) is 1. The Hall–Kier alpha value is -1.72. The molecule has 0 bridgehead atoms. The van der Waals surface area contributed by atoms with Crippen LogP contribution in [0.15, 0.2) is 28.9 Å². The molecule has 0 aromatic carbocycles. The minimum absolute atomic E-state index is 0.145. The smallest absolute Gasteiger partial charge is 0.449 e. The molecule has 1 N–H and O–H groups in total. The molecule has 14 heavy (non-hydrogen) atoms. The van der Waals surface area contributed by atoms with E-state index >= 15 is 0 Å². The summed E-state index contributed by atoms with van der Waals surface area (Å²) in [4.78, 5) is 0. The van der Waals surface area contributed by atoms with Gasteiger partial charge in [-0.25, -0.2) is 0 Å². The molecule has 0 saturated heterocycles. The number of rotatable bonds is 1. The summed E-state index contributed by atoms with van der Waals surface area (Å²) in [5.74, 6) is -0.861. The minimum atomic E-state index is -4.44. The van der Waals surface area contributed by atoms with Crippen molar-refractivity contribution in [3.63, 3.8) is 0 Å². The van der Waals surface area contributed by atoms with Crippen LogP contribution in [0.2, 0.25) is 0 Å². The quantitative estimate of drug-likeness (QED) is 0.772. The maximum absolute atomic E-state index is 12.1. The van der Waals surface area contributed by atoms with Crippen LogP contribution in [-0.2, 0) is 6.18 Å². The van der Waals surface area contributed by atoms with E-state index in [1.54, 1.807) is 0 Å². The lowest BCUT2D eigenvalue weighted by Gasteiger charge is -1.99. The molecule has 0 radical (unpaired) electrons. The third-order valence-corrected chi connectivity index (χ3v) is 1.67. The Morgan fingerprint density at radius 1 is 1.29 bits per heavy atom. The van der Waals surface area contributed by atoms with Crippen LogP contribution < -0.4 is 0 Å². The van der Waals surface area contributed by atoms with Gasteiger partial charge in [0.15, 0.2) is 0 Å². The Morgan fingerprint density at radius 2 is 2.07 bits per heavy atom. The van der Waals surface area contributed by atoms with Gasteiger partial charge in [0.05, 0.1) is 11.8 Å². The third-order valence-electron chi connectivity index (χ3n) is 1.67. The molecule has 0 atom stereocenters. The highest BCUT2D eigenvalue weighted by molar-refractivity contribution is 5.54. The first-order valence-corrected chi connectivity index (χ1v) is 3.73. The van der Waals surface area contributed by atoms with Gasteiger partial charge in [-0.2, -0.15) is 18.3 Å². The van der Waals surface area contributed by atoms with E-state index in [1.807, 2.05) is 0 Å². The van der Waals surface area contributed by atoms with Crippen molar-refractivity contribution in [2.24, 2.45) is 0 Å². The van der Waals surface area contributed by atoms with Gasteiger partial charge in [0.1, 0.15) is 5.76 Å². The molecule has 6 heteroatoms. The van der Waals surface area contributed by atoms with Gasteiger partial charge in [-0.1, -0.05) is 0 Å². The van der Waals surface area contributed by atoms with Gasteiger partial charge in [-0.05, 0) is 12.1 Å². The van der Waals surface area contributed by atoms with Gasteiger partial charge in [0.25, 0.3) is 0 Å². The third kappa shape index (κ3) is 1.50. The van der Waals surface area contributed by atoms with Gasteiger partial charge < -0.3 is 4.42 Å². The van der Waals surface area contributed by atoms with Crippen LogP contribution in [0.4, 0.5) is 13.2 Å². The number of nitrogens with one attached hydrogen (secondary N) is 1. The molecular weight excluding hydrogens is 197 g/mol. The molecule has 0 spiro atoms. The molecular formula is C8H5F3N2O. The van der Waals surface area contributed by atoms with Crippen LogP contribution in [-0.4, -0.2) is 10.2 Å². The van der Waals surface area contributed by atoms with Crippen LogP contribution in [0.5, 0.6) is 0 Å². The van der Waals surface area contributed by atoms with Gasteiger partial charge in [-0.15, -0.1) is 0 Å². The number of halogens is 3. The second kappa shape index (κ2) is 2.90. The Kier molecular flexibility index (Phi) is 1.83. The topological polar surface area (TPSA) is 41.8 Å². The van der Waals surface area contributed by atoms with Crippen molar-refractivity contribution in [2.75, 3.05) is 0 Å².